The van der Waals surface area contributed by atoms with Crippen LogP contribution in [0.1, 0.15) is 21.5 Å². The van der Waals surface area contributed by atoms with Crippen LogP contribution < -0.4 is 4.74 Å². The van der Waals surface area contributed by atoms with Gasteiger partial charge < -0.3 is 9.84 Å². The highest BCUT2D eigenvalue weighted by Gasteiger charge is 2.03. The molecular weight excluding hydrogens is 252 g/mol. The van der Waals surface area contributed by atoms with Gasteiger partial charge in [0.1, 0.15) is 0 Å². The summed E-state index contributed by atoms with van der Waals surface area (Å²) >= 11 is 0. The molecule has 0 amide bonds. The zero-order valence-electron chi connectivity index (χ0n) is 11.5. The Hall–Kier alpha value is -2.55. The molecule has 0 aromatic heterocycles. The molecule has 0 atom stereocenters. The summed E-state index contributed by atoms with van der Waals surface area (Å²) < 4.78 is 4.97. The zero-order valence-corrected chi connectivity index (χ0v) is 11.5. The Balaban J connectivity index is 2.14. The molecule has 0 aliphatic heterocycles. The number of allylic oxidation sites excluding steroid dienone is 1. The Bertz CT molecular complexity index is 640. The van der Waals surface area contributed by atoms with Crippen LogP contribution in [0.5, 0.6) is 11.5 Å². The lowest BCUT2D eigenvalue weighted by molar-refractivity contribution is 0.104. The van der Waals surface area contributed by atoms with Gasteiger partial charge >= 0.3 is 0 Å². The maximum Gasteiger partial charge on any atom is 0.185 e. The number of carbonyl (C=O) groups is 1. The molecule has 3 heteroatoms. The molecule has 0 saturated carbocycles. The van der Waals surface area contributed by atoms with Gasteiger partial charge in [-0.15, -0.1) is 0 Å². The number of aromatic hydroxyl groups is 1. The van der Waals surface area contributed by atoms with E-state index in [1.54, 1.807) is 36.4 Å². The number of phenolic OH excluding ortho intramolecular Hbond substituents is 1. The minimum atomic E-state index is -0.0692. The fourth-order valence-electron chi connectivity index (χ4n) is 1.80. The molecule has 0 unspecified atom stereocenters. The van der Waals surface area contributed by atoms with Gasteiger partial charge in [0.15, 0.2) is 17.3 Å². The van der Waals surface area contributed by atoms with E-state index in [4.69, 9.17) is 4.74 Å². The molecule has 3 nitrogen and oxygen atoms in total. The zero-order chi connectivity index (χ0) is 14.5. The van der Waals surface area contributed by atoms with Crippen LogP contribution in [-0.2, 0) is 0 Å². The number of phenols is 1. The molecule has 0 radical (unpaired) electrons. The van der Waals surface area contributed by atoms with E-state index in [9.17, 15) is 9.90 Å². The molecule has 0 aliphatic carbocycles. The van der Waals surface area contributed by atoms with Crippen LogP contribution in [0.4, 0.5) is 0 Å². The molecule has 0 fully saturated rings. The number of hydrogen-bond acceptors (Lipinski definition) is 3. The van der Waals surface area contributed by atoms with Crippen molar-refractivity contribution in [3.8, 4) is 11.5 Å². The van der Waals surface area contributed by atoms with E-state index in [1.165, 1.54) is 13.2 Å². The summed E-state index contributed by atoms with van der Waals surface area (Å²) in [6.07, 6.45) is 3.16. The Labute approximate surface area is 118 Å². The van der Waals surface area contributed by atoms with Gasteiger partial charge in [0.25, 0.3) is 0 Å². The molecule has 0 aliphatic rings. The third-order valence-corrected chi connectivity index (χ3v) is 2.97. The number of aryl methyl sites for hydroxylation is 1. The lowest BCUT2D eigenvalue weighted by atomic mass is 10.1. The highest BCUT2D eigenvalue weighted by atomic mass is 16.5. The quantitative estimate of drug-likeness (QED) is 0.680. The van der Waals surface area contributed by atoms with E-state index >= 15 is 0 Å². The van der Waals surface area contributed by atoms with Gasteiger partial charge in [-0.25, -0.2) is 0 Å². The summed E-state index contributed by atoms with van der Waals surface area (Å²) in [5, 5.41) is 9.66. The number of carbonyl (C=O) groups excluding carboxylic acids is 1. The normalized spacial score (nSPS) is 10.7. The van der Waals surface area contributed by atoms with E-state index in [0.717, 1.165) is 11.1 Å². The van der Waals surface area contributed by atoms with Crippen LogP contribution in [0.25, 0.3) is 6.08 Å². The second-order valence-electron chi connectivity index (χ2n) is 4.49. The van der Waals surface area contributed by atoms with Crippen molar-refractivity contribution >= 4 is 11.9 Å². The third kappa shape index (κ3) is 3.26. The molecule has 0 heterocycles. The average Bonchev–Trinajstić information content (AvgIpc) is 2.45. The molecule has 0 saturated heterocycles. The smallest absolute Gasteiger partial charge is 0.185 e. The number of benzene rings is 2. The van der Waals surface area contributed by atoms with Crippen LogP contribution in [0.2, 0.25) is 0 Å². The molecule has 2 rings (SSSR count). The van der Waals surface area contributed by atoms with Crippen molar-refractivity contribution in [2.45, 2.75) is 6.92 Å². The summed E-state index contributed by atoms with van der Waals surface area (Å²) in [6.45, 7) is 1.98. The lowest BCUT2D eigenvalue weighted by Gasteiger charge is -2.03. The standard InChI is InChI=1S/C17H16O3/c1-12-3-7-14(8-4-12)15(18)9-5-13-6-10-17(20-2)16(19)11-13/h3-11,19H,1-2H3/b9-5+. The Kier molecular flexibility index (Phi) is 4.20. The van der Waals surface area contributed by atoms with Crippen molar-refractivity contribution in [3.63, 3.8) is 0 Å². The first kappa shape index (κ1) is 13.9. The molecule has 20 heavy (non-hydrogen) atoms. The van der Waals surface area contributed by atoms with Crippen molar-refractivity contribution in [1.82, 2.24) is 0 Å². The summed E-state index contributed by atoms with van der Waals surface area (Å²) in [5.41, 5.74) is 2.50. The molecule has 102 valence electrons. The molecule has 2 aromatic carbocycles. The van der Waals surface area contributed by atoms with Gasteiger partial charge in [0.2, 0.25) is 0 Å². The monoisotopic (exact) mass is 268 g/mol. The fraction of sp³-hybridized carbons (Fsp3) is 0.118. The highest BCUT2D eigenvalue weighted by Crippen LogP contribution is 2.26. The van der Waals surface area contributed by atoms with Crippen molar-refractivity contribution in [2.75, 3.05) is 7.11 Å². The van der Waals surface area contributed by atoms with Gasteiger partial charge in [-0.2, -0.15) is 0 Å². The van der Waals surface area contributed by atoms with E-state index in [-0.39, 0.29) is 11.5 Å². The predicted molar refractivity (Wildman–Crippen MR) is 79.2 cm³/mol. The predicted octanol–water partition coefficient (Wildman–Crippen LogP) is 3.61. The Morgan fingerprint density at radius 1 is 1.15 bits per heavy atom. The lowest BCUT2D eigenvalue weighted by Crippen LogP contribution is -1.93. The fourth-order valence-corrected chi connectivity index (χ4v) is 1.80. The van der Waals surface area contributed by atoms with Gasteiger partial charge in [0.05, 0.1) is 7.11 Å². The van der Waals surface area contributed by atoms with Gasteiger partial charge in [-0.3, -0.25) is 4.79 Å². The first-order valence-corrected chi connectivity index (χ1v) is 6.26. The average molecular weight is 268 g/mol. The van der Waals surface area contributed by atoms with Crippen LogP contribution >= 0.6 is 0 Å². The van der Waals surface area contributed by atoms with Crippen LogP contribution in [0, 0.1) is 6.92 Å². The molecule has 0 spiro atoms. The number of methoxy groups -OCH3 is 1. The Morgan fingerprint density at radius 2 is 1.85 bits per heavy atom. The first-order valence-electron chi connectivity index (χ1n) is 6.26. The highest BCUT2D eigenvalue weighted by molar-refractivity contribution is 6.06. The number of hydrogen-bond donors (Lipinski definition) is 1. The summed E-state index contributed by atoms with van der Waals surface area (Å²) in [7, 11) is 1.49. The third-order valence-electron chi connectivity index (χ3n) is 2.97. The minimum Gasteiger partial charge on any atom is -0.504 e. The van der Waals surface area contributed by atoms with Crippen LogP contribution in [0.15, 0.2) is 48.5 Å². The second-order valence-corrected chi connectivity index (χ2v) is 4.49. The van der Waals surface area contributed by atoms with Crippen molar-refractivity contribution in [2.24, 2.45) is 0 Å². The Morgan fingerprint density at radius 3 is 2.45 bits per heavy atom. The van der Waals surface area contributed by atoms with Gasteiger partial charge in [-0.1, -0.05) is 42.0 Å². The summed E-state index contributed by atoms with van der Waals surface area (Å²) in [5.74, 6) is 0.393. The molecule has 1 N–H and O–H groups in total. The van der Waals surface area contributed by atoms with E-state index in [2.05, 4.69) is 0 Å². The second kappa shape index (κ2) is 6.06. The number of rotatable bonds is 4. The minimum absolute atomic E-state index is 0.0532. The van der Waals surface area contributed by atoms with Crippen LogP contribution in [-0.4, -0.2) is 18.0 Å². The van der Waals surface area contributed by atoms with E-state index in [1.807, 2.05) is 19.1 Å². The summed E-state index contributed by atoms with van der Waals surface area (Å²) in [4.78, 5) is 12.0. The SMILES string of the molecule is COc1ccc(/C=C/C(=O)c2ccc(C)cc2)cc1O. The van der Waals surface area contributed by atoms with Gasteiger partial charge in [-0.05, 0) is 30.7 Å². The van der Waals surface area contributed by atoms with Gasteiger partial charge in [0, 0.05) is 5.56 Å². The molecule has 2 aromatic rings. The van der Waals surface area contributed by atoms with Crippen molar-refractivity contribution in [1.29, 1.82) is 0 Å². The summed E-state index contributed by atoms with van der Waals surface area (Å²) in [6, 6.07) is 12.4. The topological polar surface area (TPSA) is 46.5 Å². The van der Waals surface area contributed by atoms with E-state index < -0.39 is 0 Å². The van der Waals surface area contributed by atoms with Crippen LogP contribution in [0.3, 0.4) is 0 Å². The number of ether oxygens (including phenoxy) is 1. The van der Waals surface area contributed by atoms with Crippen molar-refractivity contribution < 1.29 is 14.6 Å². The van der Waals surface area contributed by atoms with Crippen molar-refractivity contribution in [3.05, 3.63) is 65.2 Å². The first-order chi connectivity index (χ1) is 9.60. The maximum atomic E-state index is 12.0. The van der Waals surface area contributed by atoms with E-state index in [0.29, 0.717) is 11.3 Å². The molecule has 0 bridgehead atoms. The maximum absolute atomic E-state index is 12.0. The largest absolute Gasteiger partial charge is 0.504 e. The number of ketones is 1. The molecular formula is C17H16O3.